The maximum Gasteiger partial charge on any atom is 0.254 e. The van der Waals surface area contributed by atoms with Gasteiger partial charge in [-0.05, 0) is 80.3 Å². The number of aryl methyl sites for hydroxylation is 3. The topological polar surface area (TPSA) is 58.6 Å². The van der Waals surface area contributed by atoms with Crippen molar-refractivity contribution in [3.05, 3.63) is 58.1 Å². The van der Waals surface area contributed by atoms with E-state index in [-0.39, 0.29) is 23.8 Å². The van der Waals surface area contributed by atoms with Gasteiger partial charge in [0.2, 0.25) is 5.91 Å². The van der Waals surface area contributed by atoms with Crippen LogP contribution in [0.25, 0.3) is 0 Å². The van der Waals surface area contributed by atoms with Crippen molar-refractivity contribution in [2.45, 2.75) is 71.9 Å². The number of rotatable bonds is 6. The number of hydrogen-bond acceptors (Lipinski definition) is 3. The molecule has 0 saturated heterocycles. The van der Waals surface area contributed by atoms with Crippen LogP contribution in [0.5, 0.6) is 5.75 Å². The van der Waals surface area contributed by atoms with Gasteiger partial charge in [0, 0.05) is 35.8 Å². The van der Waals surface area contributed by atoms with E-state index in [1.54, 1.807) is 7.11 Å². The molecule has 0 atom stereocenters. The number of ether oxygens (including phenoxy) is 1. The van der Waals surface area contributed by atoms with E-state index < -0.39 is 0 Å². The largest absolute Gasteiger partial charge is 0.496 e. The van der Waals surface area contributed by atoms with E-state index in [1.165, 1.54) is 16.7 Å². The SMILES string of the molecule is CCCc1cc(C)c2c(c1)C(=O)N(C1CCC(C(=O)Nc3ccc(C)c(OC)c3)CC1)C2. The van der Waals surface area contributed by atoms with Crippen molar-refractivity contribution in [1.29, 1.82) is 0 Å². The van der Waals surface area contributed by atoms with Crippen molar-refractivity contribution in [2.75, 3.05) is 12.4 Å². The van der Waals surface area contributed by atoms with Gasteiger partial charge in [-0.15, -0.1) is 0 Å². The van der Waals surface area contributed by atoms with Crippen molar-refractivity contribution in [3.63, 3.8) is 0 Å². The van der Waals surface area contributed by atoms with Gasteiger partial charge in [0.1, 0.15) is 5.75 Å². The van der Waals surface area contributed by atoms with E-state index in [1.807, 2.05) is 30.0 Å². The number of amides is 2. The lowest BCUT2D eigenvalue weighted by Gasteiger charge is -2.34. The predicted octanol–water partition coefficient (Wildman–Crippen LogP) is 5.42. The zero-order valence-electron chi connectivity index (χ0n) is 19.7. The normalized spacial score (nSPS) is 20.2. The van der Waals surface area contributed by atoms with Crippen LogP contribution in [0.15, 0.2) is 30.3 Å². The molecule has 1 heterocycles. The first kappa shape index (κ1) is 22.4. The van der Waals surface area contributed by atoms with E-state index in [0.29, 0.717) is 6.54 Å². The smallest absolute Gasteiger partial charge is 0.254 e. The van der Waals surface area contributed by atoms with Crippen LogP contribution < -0.4 is 10.1 Å². The molecule has 170 valence electrons. The van der Waals surface area contributed by atoms with Gasteiger partial charge in [-0.1, -0.05) is 25.5 Å². The second-order valence-corrected chi connectivity index (χ2v) is 9.30. The molecule has 2 aliphatic rings. The number of anilines is 1. The second-order valence-electron chi connectivity index (χ2n) is 9.30. The highest BCUT2D eigenvalue weighted by atomic mass is 16.5. The number of benzene rings is 2. The maximum absolute atomic E-state index is 13.2. The summed E-state index contributed by atoms with van der Waals surface area (Å²) < 4.78 is 5.36. The summed E-state index contributed by atoms with van der Waals surface area (Å²) in [5.41, 5.74) is 6.36. The third-order valence-corrected chi connectivity index (χ3v) is 7.08. The van der Waals surface area contributed by atoms with Crippen LogP contribution in [0.1, 0.15) is 71.6 Å². The van der Waals surface area contributed by atoms with Gasteiger partial charge in [0.25, 0.3) is 5.91 Å². The molecular formula is C27H34N2O3. The molecule has 0 radical (unpaired) electrons. The number of methoxy groups -OCH3 is 1. The summed E-state index contributed by atoms with van der Waals surface area (Å²) in [5.74, 6) is 0.985. The molecule has 0 unspecified atom stereocenters. The predicted molar refractivity (Wildman–Crippen MR) is 127 cm³/mol. The van der Waals surface area contributed by atoms with E-state index >= 15 is 0 Å². The van der Waals surface area contributed by atoms with Crippen LogP contribution in [0.4, 0.5) is 5.69 Å². The molecule has 1 fully saturated rings. The van der Waals surface area contributed by atoms with Gasteiger partial charge < -0.3 is 15.0 Å². The Morgan fingerprint density at radius 3 is 2.53 bits per heavy atom. The van der Waals surface area contributed by atoms with Gasteiger partial charge in [0.05, 0.1) is 7.11 Å². The Kier molecular flexibility index (Phi) is 6.54. The number of hydrogen-bond donors (Lipinski definition) is 1. The molecule has 4 rings (SSSR count). The van der Waals surface area contributed by atoms with Gasteiger partial charge in [-0.25, -0.2) is 0 Å². The van der Waals surface area contributed by atoms with E-state index in [4.69, 9.17) is 4.74 Å². The third-order valence-electron chi connectivity index (χ3n) is 7.08. The Morgan fingerprint density at radius 2 is 1.84 bits per heavy atom. The highest BCUT2D eigenvalue weighted by Gasteiger charge is 2.37. The average Bonchev–Trinajstić information content (AvgIpc) is 3.12. The number of nitrogens with zero attached hydrogens (tertiary/aromatic N) is 1. The van der Waals surface area contributed by atoms with Gasteiger partial charge >= 0.3 is 0 Å². The molecule has 1 N–H and O–H groups in total. The lowest BCUT2D eigenvalue weighted by molar-refractivity contribution is -0.121. The summed E-state index contributed by atoms with van der Waals surface area (Å²) in [7, 11) is 1.64. The van der Waals surface area contributed by atoms with Crippen LogP contribution in [0.2, 0.25) is 0 Å². The first-order valence-electron chi connectivity index (χ1n) is 11.8. The minimum Gasteiger partial charge on any atom is -0.496 e. The second kappa shape index (κ2) is 9.35. The Labute approximate surface area is 191 Å². The minimum absolute atomic E-state index is 0.0171. The average molecular weight is 435 g/mol. The van der Waals surface area contributed by atoms with Crippen molar-refractivity contribution in [2.24, 2.45) is 5.92 Å². The van der Waals surface area contributed by atoms with Crippen molar-refractivity contribution in [1.82, 2.24) is 4.90 Å². The fourth-order valence-corrected chi connectivity index (χ4v) is 5.21. The molecule has 0 aromatic heterocycles. The molecule has 0 bridgehead atoms. The zero-order valence-corrected chi connectivity index (χ0v) is 19.7. The van der Waals surface area contributed by atoms with E-state index in [2.05, 4.69) is 31.3 Å². The summed E-state index contributed by atoms with van der Waals surface area (Å²) in [4.78, 5) is 28.1. The maximum atomic E-state index is 13.2. The Balaban J connectivity index is 1.37. The van der Waals surface area contributed by atoms with E-state index in [9.17, 15) is 9.59 Å². The molecule has 1 aliphatic carbocycles. The summed E-state index contributed by atoms with van der Waals surface area (Å²) in [6.07, 6.45) is 5.44. The summed E-state index contributed by atoms with van der Waals surface area (Å²) in [6.45, 7) is 6.98. The molecule has 5 heteroatoms. The highest BCUT2D eigenvalue weighted by molar-refractivity contribution is 5.99. The van der Waals surface area contributed by atoms with Crippen molar-refractivity contribution < 1.29 is 14.3 Å². The molecule has 2 amide bonds. The lowest BCUT2D eigenvalue weighted by Crippen LogP contribution is -2.40. The molecule has 2 aromatic carbocycles. The highest BCUT2D eigenvalue weighted by Crippen LogP contribution is 2.35. The Morgan fingerprint density at radius 1 is 1.09 bits per heavy atom. The first-order valence-corrected chi connectivity index (χ1v) is 11.8. The molecule has 1 saturated carbocycles. The number of carbonyl (C=O) groups excluding carboxylic acids is 2. The Hall–Kier alpha value is -2.82. The minimum atomic E-state index is -0.0171. The lowest BCUT2D eigenvalue weighted by atomic mass is 9.84. The first-order chi connectivity index (χ1) is 15.4. The molecule has 5 nitrogen and oxygen atoms in total. The van der Waals surface area contributed by atoms with Crippen LogP contribution in [0.3, 0.4) is 0 Å². The molecular weight excluding hydrogens is 400 g/mol. The van der Waals surface area contributed by atoms with Gasteiger partial charge in [-0.2, -0.15) is 0 Å². The zero-order chi connectivity index (χ0) is 22.8. The molecule has 32 heavy (non-hydrogen) atoms. The molecule has 2 aromatic rings. The number of carbonyl (C=O) groups is 2. The van der Waals surface area contributed by atoms with Gasteiger partial charge in [-0.3, -0.25) is 9.59 Å². The molecule has 1 aliphatic heterocycles. The summed E-state index contributed by atoms with van der Waals surface area (Å²) in [5, 5.41) is 3.05. The quantitative estimate of drug-likeness (QED) is 0.661. The standard InChI is InChI=1S/C27H34N2O3/c1-5-6-19-13-18(3)24-16-29(27(31)23(24)14-19)22-11-8-20(9-12-22)26(30)28-21-10-7-17(2)25(15-21)32-4/h7,10,13-15,20,22H,5-6,8-9,11-12,16H2,1-4H3,(H,28,30). The monoisotopic (exact) mass is 434 g/mol. The summed E-state index contributed by atoms with van der Waals surface area (Å²) >= 11 is 0. The van der Waals surface area contributed by atoms with E-state index in [0.717, 1.165) is 61.1 Å². The van der Waals surface area contributed by atoms with Gasteiger partial charge in [0.15, 0.2) is 0 Å². The number of fused-ring (bicyclic) bond motifs is 1. The fourth-order valence-electron chi connectivity index (χ4n) is 5.21. The Bertz CT molecular complexity index is 1020. The van der Waals surface area contributed by atoms with Crippen molar-refractivity contribution >= 4 is 17.5 Å². The number of nitrogens with one attached hydrogen (secondary N) is 1. The van der Waals surface area contributed by atoms with Crippen LogP contribution in [-0.2, 0) is 17.8 Å². The molecule has 0 spiro atoms. The summed E-state index contributed by atoms with van der Waals surface area (Å²) in [6, 6.07) is 10.3. The van der Waals surface area contributed by atoms with Crippen LogP contribution in [-0.4, -0.2) is 29.9 Å². The van der Waals surface area contributed by atoms with Crippen molar-refractivity contribution in [3.8, 4) is 5.75 Å². The van der Waals surface area contributed by atoms with Crippen LogP contribution in [0, 0.1) is 19.8 Å². The van der Waals surface area contributed by atoms with Crippen LogP contribution >= 0.6 is 0 Å². The fraction of sp³-hybridized carbons (Fsp3) is 0.481. The third kappa shape index (κ3) is 4.38.